The molecule has 0 aliphatic heterocycles. The van der Waals surface area contributed by atoms with Gasteiger partial charge in [-0.3, -0.25) is 4.79 Å². The second-order valence-corrected chi connectivity index (χ2v) is 6.72. The lowest BCUT2D eigenvalue weighted by Gasteiger charge is -2.14. The molecule has 2 aromatic carbocycles. The van der Waals surface area contributed by atoms with Gasteiger partial charge in [-0.25, -0.2) is 0 Å². The molecule has 3 rings (SSSR count). The van der Waals surface area contributed by atoms with Crippen molar-refractivity contribution in [2.24, 2.45) is 0 Å². The second kappa shape index (κ2) is 8.60. The van der Waals surface area contributed by atoms with Crippen LogP contribution in [0.3, 0.4) is 0 Å². The number of thiophene rings is 1. The number of carbonyl (C=O) groups is 1. The maximum absolute atomic E-state index is 12.5. The third-order valence-corrected chi connectivity index (χ3v) is 5.05. The molecule has 0 aliphatic carbocycles. The molecular weight excluding hydrogens is 362 g/mol. The van der Waals surface area contributed by atoms with Crippen LogP contribution in [0.25, 0.3) is 10.4 Å². The smallest absolute Gasteiger partial charge is 0.251 e. The van der Waals surface area contributed by atoms with Gasteiger partial charge in [-0.05, 0) is 46.8 Å². The molecule has 6 heteroatoms. The van der Waals surface area contributed by atoms with Crippen molar-refractivity contribution in [3.05, 3.63) is 65.0 Å². The number of carbonyl (C=O) groups excluding carboxylic acids is 1. The van der Waals surface area contributed by atoms with Gasteiger partial charge in [0, 0.05) is 17.0 Å². The van der Waals surface area contributed by atoms with E-state index in [1.54, 1.807) is 32.7 Å². The van der Waals surface area contributed by atoms with Crippen molar-refractivity contribution in [1.82, 2.24) is 5.32 Å². The number of amides is 1. The van der Waals surface area contributed by atoms with Crippen molar-refractivity contribution < 1.29 is 19.0 Å². The van der Waals surface area contributed by atoms with Gasteiger partial charge in [-0.2, -0.15) is 0 Å². The molecule has 0 aliphatic rings. The van der Waals surface area contributed by atoms with Crippen molar-refractivity contribution in [3.63, 3.8) is 0 Å². The van der Waals surface area contributed by atoms with Crippen LogP contribution in [0, 0.1) is 0 Å². The summed E-state index contributed by atoms with van der Waals surface area (Å²) in [4.78, 5) is 13.6. The molecule has 5 nitrogen and oxygen atoms in total. The quantitative estimate of drug-likeness (QED) is 0.658. The molecule has 0 saturated carbocycles. The van der Waals surface area contributed by atoms with Crippen LogP contribution < -0.4 is 19.5 Å². The molecule has 0 saturated heterocycles. The number of nitrogens with one attached hydrogen (secondary N) is 1. The van der Waals surface area contributed by atoms with Crippen molar-refractivity contribution in [2.45, 2.75) is 6.54 Å². The first kappa shape index (κ1) is 18.8. The summed E-state index contributed by atoms with van der Waals surface area (Å²) in [6, 6.07) is 15.3. The van der Waals surface area contributed by atoms with Crippen LogP contribution in [0.15, 0.2) is 53.9 Å². The summed E-state index contributed by atoms with van der Waals surface area (Å²) in [5.41, 5.74) is 2.57. The number of rotatable bonds is 7. The Bertz CT molecular complexity index is 879. The maximum atomic E-state index is 12.5. The normalized spacial score (nSPS) is 10.3. The molecule has 3 aromatic rings. The van der Waals surface area contributed by atoms with E-state index in [1.807, 2.05) is 47.8 Å². The second-order valence-electron chi connectivity index (χ2n) is 5.77. The van der Waals surface area contributed by atoms with Gasteiger partial charge < -0.3 is 19.5 Å². The number of ether oxygens (including phenoxy) is 3. The molecule has 0 fully saturated rings. The molecule has 0 atom stereocenters. The Morgan fingerprint density at radius 3 is 2.15 bits per heavy atom. The summed E-state index contributed by atoms with van der Waals surface area (Å²) < 4.78 is 16.0. The summed E-state index contributed by atoms with van der Waals surface area (Å²) in [5, 5.41) is 4.96. The van der Waals surface area contributed by atoms with E-state index >= 15 is 0 Å². The predicted molar refractivity (Wildman–Crippen MR) is 107 cm³/mol. The highest BCUT2D eigenvalue weighted by molar-refractivity contribution is 7.13. The van der Waals surface area contributed by atoms with E-state index in [2.05, 4.69) is 11.4 Å². The predicted octanol–water partition coefficient (Wildman–Crippen LogP) is 4.37. The van der Waals surface area contributed by atoms with Crippen molar-refractivity contribution in [2.75, 3.05) is 21.3 Å². The lowest BCUT2D eigenvalue weighted by atomic mass is 10.1. The Balaban J connectivity index is 1.70. The van der Waals surface area contributed by atoms with Gasteiger partial charge in [0.2, 0.25) is 5.75 Å². The molecule has 1 N–H and O–H groups in total. The van der Waals surface area contributed by atoms with Crippen LogP contribution in [-0.2, 0) is 6.54 Å². The lowest BCUT2D eigenvalue weighted by Crippen LogP contribution is -2.22. The average Bonchev–Trinajstić information content (AvgIpc) is 3.26. The van der Waals surface area contributed by atoms with E-state index in [1.165, 1.54) is 4.88 Å². The summed E-state index contributed by atoms with van der Waals surface area (Å²) in [7, 11) is 4.69. The van der Waals surface area contributed by atoms with E-state index in [0.717, 1.165) is 11.1 Å². The molecule has 0 unspecified atom stereocenters. The van der Waals surface area contributed by atoms with Crippen LogP contribution in [-0.4, -0.2) is 27.2 Å². The highest BCUT2D eigenvalue weighted by Crippen LogP contribution is 2.38. The van der Waals surface area contributed by atoms with E-state index < -0.39 is 0 Å². The van der Waals surface area contributed by atoms with Crippen LogP contribution in [0.2, 0.25) is 0 Å². The average molecular weight is 383 g/mol. The summed E-state index contributed by atoms with van der Waals surface area (Å²) in [6.45, 7) is 0.349. The highest BCUT2D eigenvalue weighted by atomic mass is 32.1. The lowest BCUT2D eigenvalue weighted by molar-refractivity contribution is 0.0951. The van der Waals surface area contributed by atoms with Gasteiger partial charge in [0.25, 0.3) is 5.91 Å². The topological polar surface area (TPSA) is 56.8 Å². The van der Waals surface area contributed by atoms with E-state index in [9.17, 15) is 4.79 Å². The first-order valence-corrected chi connectivity index (χ1v) is 9.25. The maximum Gasteiger partial charge on any atom is 0.251 e. The fourth-order valence-corrected chi connectivity index (χ4v) is 3.48. The van der Waals surface area contributed by atoms with Gasteiger partial charge in [0.1, 0.15) is 0 Å². The summed E-state index contributed by atoms with van der Waals surface area (Å²) in [5.74, 6) is 1.50. The van der Waals surface area contributed by atoms with Crippen molar-refractivity contribution in [3.8, 4) is 27.7 Å². The van der Waals surface area contributed by atoms with Crippen LogP contribution in [0.5, 0.6) is 17.2 Å². The molecule has 0 spiro atoms. The van der Waals surface area contributed by atoms with Gasteiger partial charge >= 0.3 is 0 Å². The molecule has 140 valence electrons. The standard InChI is InChI=1S/C21H21NO4S/c1-24-17-11-14(12-18(25-2)20(17)26-3)13-22-21(23)16-8-6-15(7-9-16)19-5-4-10-27-19/h4-12H,13H2,1-3H3,(H,22,23). The van der Waals surface area contributed by atoms with Gasteiger partial charge in [-0.1, -0.05) is 18.2 Å². The van der Waals surface area contributed by atoms with Gasteiger partial charge in [0.05, 0.1) is 21.3 Å². The zero-order valence-electron chi connectivity index (χ0n) is 15.4. The number of hydrogen-bond donors (Lipinski definition) is 1. The minimum Gasteiger partial charge on any atom is -0.493 e. The molecule has 27 heavy (non-hydrogen) atoms. The van der Waals surface area contributed by atoms with E-state index in [0.29, 0.717) is 29.4 Å². The molecule has 1 heterocycles. The summed E-state index contributed by atoms with van der Waals surface area (Å²) >= 11 is 1.67. The van der Waals surface area contributed by atoms with Gasteiger partial charge in [-0.15, -0.1) is 11.3 Å². The summed E-state index contributed by atoms with van der Waals surface area (Å²) in [6.07, 6.45) is 0. The van der Waals surface area contributed by atoms with Crippen molar-refractivity contribution >= 4 is 17.2 Å². The highest BCUT2D eigenvalue weighted by Gasteiger charge is 2.14. The minimum atomic E-state index is -0.138. The monoisotopic (exact) mass is 383 g/mol. The molecule has 0 radical (unpaired) electrons. The fourth-order valence-electron chi connectivity index (χ4n) is 2.75. The Morgan fingerprint density at radius 1 is 0.963 bits per heavy atom. The molecule has 1 aromatic heterocycles. The number of benzene rings is 2. The van der Waals surface area contributed by atoms with E-state index in [-0.39, 0.29) is 5.91 Å². The third-order valence-electron chi connectivity index (χ3n) is 4.13. The third kappa shape index (κ3) is 4.23. The van der Waals surface area contributed by atoms with Crippen LogP contribution in [0.4, 0.5) is 0 Å². The number of methoxy groups -OCH3 is 3. The van der Waals surface area contributed by atoms with Crippen LogP contribution in [0.1, 0.15) is 15.9 Å². The van der Waals surface area contributed by atoms with Crippen LogP contribution >= 0.6 is 11.3 Å². The van der Waals surface area contributed by atoms with E-state index in [4.69, 9.17) is 14.2 Å². The first-order valence-electron chi connectivity index (χ1n) is 8.37. The Labute approximate surface area is 162 Å². The molecular formula is C21H21NO4S. The Kier molecular flexibility index (Phi) is 5.98. The minimum absolute atomic E-state index is 0.138. The molecule has 0 bridgehead atoms. The Morgan fingerprint density at radius 2 is 1.63 bits per heavy atom. The Hall–Kier alpha value is -2.99. The zero-order chi connectivity index (χ0) is 19.2. The van der Waals surface area contributed by atoms with Crippen molar-refractivity contribution in [1.29, 1.82) is 0 Å². The number of hydrogen-bond acceptors (Lipinski definition) is 5. The fraction of sp³-hybridized carbons (Fsp3) is 0.190. The largest absolute Gasteiger partial charge is 0.493 e. The SMILES string of the molecule is COc1cc(CNC(=O)c2ccc(-c3cccs3)cc2)cc(OC)c1OC. The first-order chi connectivity index (χ1) is 13.2. The van der Waals surface area contributed by atoms with Gasteiger partial charge in [0.15, 0.2) is 11.5 Å². The molecule has 1 amide bonds. The zero-order valence-corrected chi connectivity index (χ0v) is 16.3.